The van der Waals surface area contributed by atoms with Gasteiger partial charge in [0.2, 0.25) is 0 Å². The minimum absolute atomic E-state index is 0.589. The fraction of sp³-hybridized carbons (Fsp3) is 0.462. The van der Waals surface area contributed by atoms with E-state index in [1.807, 2.05) is 13.8 Å². The molecule has 0 aliphatic heterocycles. The molecule has 0 fully saturated rings. The predicted octanol–water partition coefficient (Wildman–Crippen LogP) is 4.29. The van der Waals surface area contributed by atoms with Crippen LogP contribution in [0.4, 0.5) is 13.2 Å². The standard InChI is InChI=1S/C13H14F3N/c1-3-12(4-2,9-17)10-5-7-11(8-6-10)13(14,15)16/h5-8H,3-4H2,1-2H3. The molecule has 4 heteroatoms. The summed E-state index contributed by atoms with van der Waals surface area (Å²) in [7, 11) is 0. The Hall–Kier alpha value is -1.50. The molecule has 92 valence electrons. The van der Waals surface area contributed by atoms with E-state index in [-0.39, 0.29) is 0 Å². The van der Waals surface area contributed by atoms with E-state index in [4.69, 9.17) is 0 Å². The van der Waals surface area contributed by atoms with E-state index in [9.17, 15) is 18.4 Å². The Morgan fingerprint density at radius 1 is 1.00 bits per heavy atom. The van der Waals surface area contributed by atoms with Gasteiger partial charge in [0.25, 0.3) is 0 Å². The molecule has 1 aromatic carbocycles. The highest BCUT2D eigenvalue weighted by molar-refractivity contribution is 5.35. The van der Waals surface area contributed by atoms with E-state index >= 15 is 0 Å². The Kier molecular flexibility index (Phi) is 3.82. The summed E-state index contributed by atoms with van der Waals surface area (Å²) in [5, 5.41) is 9.19. The monoisotopic (exact) mass is 241 g/mol. The molecule has 0 amide bonds. The predicted molar refractivity (Wildman–Crippen MR) is 59.3 cm³/mol. The number of benzene rings is 1. The molecule has 0 aliphatic carbocycles. The summed E-state index contributed by atoms with van der Waals surface area (Å²) in [4.78, 5) is 0. The first-order valence-electron chi connectivity index (χ1n) is 5.48. The van der Waals surface area contributed by atoms with Gasteiger partial charge in [0, 0.05) is 0 Å². The van der Waals surface area contributed by atoms with E-state index in [1.54, 1.807) is 0 Å². The zero-order chi connectivity index (χ0) is 13.1. The molecule has 0 unspecified atom stereocenters. The summed E-state index contributed by atoms with van der Waals surface area (Å²) in [5.41, 5.74) is -0.706. The Morgan fingerprint density at radius 3 is 1.71 bits per heavy atom. The van der Waals surface area contributed by atoms with Crippen molar-refractivity contribution < 1.29 is 13.2 Å². The minimum atomic E-state index is -4.33. The maximum Gasteiger partial charge on any atom is 0.416 e. The Bertz CT molecular complexity index is 408. The quantitative estimate of drug-likeness (QED) is 0.774. The van der Waals surface area contributed by atoms with Gasteiger partial charge in [-0.25, -0.2) is 0 Å². The summed E-state index contributed by atoms with van der Waals surface area (Å²) in [5.74, 6) is 0. The first-order valence-corrected chi connectivity index (χ1v) is 5.48. The molecule has 0 spiro atoms. The van der Waals surface area contributed by atoms with Crippen molar-refractivity contribution in [2.45, 2.75) is 38.3 Å². The average molecular weight is 241 g/mol. The molecule has 1 nitrogen and oxygen atoms in total. The smallest absolute Gasteiger partial charge is 0.197 e. The van der Waals surface area contributed by atoms with Crippen LogP contribution in [0, 0.1) is 11.3 Å². The lowest BCUT2D eigenvalue weighted by atomic mass is 9.77. The zero-order valence-corrected chi connectivity index (χ0v) is 9.80. The van der Waals surface area contributed by atoms with Crippen molar-refractivity contribution in [3.63, 3.8) is 0 Å². The average Bonchev–Trinajstić information content (AvgIpc) is 2.32. The van der Waals surface area contributed by atoms with Crippen molar-refractivity contribution in [1.82, 2.24) is 0 Å². The molecule has 1 rings (SSSR count). The molecule has 0 heterocycles. The van der Waals surface area contributed by atoms with Crippen LogP contribution in [0.5, 0.6) is 0 Å². The SMILES string of the molecule is CCC(C#N)(CC)c1ccc(C(F)(F)F)cc1. The molecule has 0 saturated carbocycles. The van der Waals surface area contributed by atoms with Crippen LogP contribution < -0.4 is 0 Å². The summed E-state index contributed by atoms with van der Waals surface area (Å²) in [6, 6.07) is 7.08. The third-order valence-corrected chi connectivity index (χ3v) is 3.19. The van der Waals surface area contributed by atoms with Gasteiger partial charge in [0.15, 0.2) is 0 Å². The Morgan fingerprint density at radius 2 is 1.41 bits per heavy atom. The highest BCUT2D eigenvalue weighted by atomic mass is 19.4. The van der Waals surface area contributed by atoms with Crippen molar-refractivity contribution in [1.29, 1.82) is 5.26 Å². The number of nitriles is 1. The summed E-state index contributed by atoms with van der Waals surface area (Å²) >= 11 is 0. The van der Waals surface area contributed by atoms with Crippen molar-refractivity contribution >= 4 is 0 Å². The zero-order valence-electron chi connectivity index (χ0n) is 9.80. The molecular formula is C13H14F3N. The van der Waals surface area contributed by atoms with Gasteiger partial charge in [-0.15, -0.1) is 0 Å². The third-order valence-electron chi connectivity index (χ3n) is 3.19. The van der Waals surface area contributed by atoms with Gasteiger partial charge in [-0.1, -0.05) is 26.0 Å². The van der Waals surface area contributed by atoms with E-state index in [0.717, 1.165) is 12.1 Å². The molecule has 0 bridgehead atoms. The van der Waals surface area contributed by atoms with Crippen LogP contribution in [-0.4, -0.2) is 0 Å². The Labute approximate surface area is 98.9 Å². The van der Waals surface area contributed by atoms with Crippen LogP contribution in [0.2, 0.25) is 0 Å². The maximum absolute atomic E-state index is 12.4. The van der Waals surface area contributed by atoms with Gasteiger partial charge in [-0.2, -0.15) is 18.4 Å². The largest absolute Gasteiger partial charge is 0.416 e. The molecule has 1 aromatic rings. The fourth-order valence-electron chi connectivity index (χ4n) is 1.86. The van der Waals surface area contributed by atoms with Crippen LogP contribution in [0.25, 0.3) is 0 Å². The van der Waals surface area contributed by atoms with E-state index in [2.05, 4.69) is 6.07 Å². The lowest BCUT2D eigenvalue weighted by Crippen LogP contribution is -2.22. The molecule has 0 radical (unpaired) electrons. The van der Waals surface area contributed by atoms with Crippen molar-refractivity contribution in [3.05, 3.63) is 35.4 Å². The van der Waals surface area contributed by atoms with Crippen LogP contribution in [0.15, 0.2) is 24.3 Å². The van der Waals surface area contributed by atoms with E-state index in [1.165, 1.54) is 12.1 Å². The second kappa shape index (κ2) is 4.79. The minimum Gasteiger partial charge on any atom is -0.197 e. The number of alkyl halides is 3. The van der Waals surface area contributed by atoms with E-state index < -0.39 is 17.2 Å². The molecule has 0 atom stereocenters. The summed E-state index contributed by atoms with van der Waals surface area (Å²) in [6.45, 7) is 3.73. The molecule has 17 heavy (non-hydrogen) atoms. The molecule has 0 N–H and O–H groups in total. The highest BCUT2D eigenvalue weighted by Gasteiger charge is 2.32. The van der Waals surface area contributed by atoms with Gasteiger partial charge < -0.3 is 0 Å². The van der Waals surface area contributed by atoms with Crippen LogP contribution >= 0.6 is 0 Å². The van der Waals surface area contributed by atoms with E-state index in [0.29, 0.717) is 18.4 Å². The fourth-order valence-corrected chi connectivity index (χ4v) is 1.86. The normalized spacial score (nSPS) is 12.2. The van der Waals surface area contributed by atoms with Crippen LogP contribution in [0.1, 0.15) is 37.8 Å². The lowest BCUT2D eigenvalue weighted by Gasteiger charge is -2.24. The number of nitrogens with zero attached hydrogens (tertiary/aromatic N) is 1. The number of hydrogen-bond donors (Lipinski definition) is 0. The van der Waals surface area contributed by atoms with Crippen molar-refractivity contribution in [3.8, 4) is 6.07 Å². The third kappa shape index (κ3) is 2.60. The van der Waals surface area contributed by atoms with Gasteiger partial charge in [-0.3, -0.25) is 0 Å². The molecule has 0 saturated heterocycles. The lowest BCUT2D eigenvalue weighted by molar-refractivity contribution is -0.137. The number of halogens is 3. The van der Waals surface area contributed by atoms with Gasteiger partial charge >= 0.3 is 6.18 Å². The second-order valence-corrected chi connectivity index (χ2v) is 3.98. The number of hydrogen-bond acceptors (Lipinski definition) is 1. The van der Waals surface area contributed by atoms with Gasteiger partial charge in [0.1, 0.15) is 0 Å². The Balaban J connectivity index is 3.15. The maximum atomic E-state index is 12.4. The highest BCUT2D eigenvalue weighted by Crippen LogP contribution is 2.34. The van der Waals surface area contributed by atoms with Crippen LogP contribution in [0.3, 0.4) is 0 Å². The first kappa shape index (κ1) is 13.6. The topological polar surface area (TPSA) is 23.8 Å². The molecular weight excluding hydrogens is 227 g/mol. The molecule has 0 aliphatic rings. The molecule has 0 aromatic heterocycles. The summed E-state index contributed by atoms with van der Waals surface area (Å²) < 4.78 is 37.2. The first-order chi connectivity index (χ1) is 7.89. The van der Waals surface area contributed by atoms with Crippen molar-refractivity contribution in [2.24, 2.45) is 0 Å². The second-order valence-electron chi connectivity index (χ2n) is 3.98. The van der Waals surface area contributed by atoms with Crippen LogP contribution in [-0.2, 0) is 11.6 Å². The summed E-state index contributed by atoms with van der Waals surface area (Å²) in [6.07, 6.45) is -3.15. The number of rotatable bonds is 3. The van der Waals surface area contributed by atoms with Gasteiger partial charge in [0.05, 0.1) is 17.0 Å². The van der Waals surface area contributed by atoms with Gasteiger partial charge in [-0.05, 0) is 30.5 Å². The van der Waals surface area contributed by atoms with Crippen molar-refractivity contribution in [2.75, 3.05) is 0 Å².